The van der Waals surface area contributed by atoms with Crippen LogP contribution < -0.4 is 48.3 Å². The Morgan fingerprint density at radius 2 is 1.16 bits per heavy atom. The van der Waals surface area contributed by atoms with Crippen LogP contribution in [0, 0.1) is 0 Å². The zero-order valence-corrected chi connectivity index (χ0v) is 30.1. The van der Waals surface area contributed by atoms with Gasteiger partial charge in [0.15, 0.2) is 0 Å². The third-order valence-electron chi connectivity index (χ3n) is 6.59. The Hall–Kier alpha value is -3.17. The maximum atomic E-state index is 5.69. The van der Waals surface area contributed by atoms with Gasteiger partial charge in [-0.3, -0.25) is 0 Å². The maximum Gasteiger partial charge on any atom is 2.00 e. The number of nitrogens with one attached hydrogen (secondary N) is 2. The first-order valence-corrected chi connectivity index (χ1v) is 16.6. The molecule has 0 atom stereocenters. The van der Waals surface area contributed by atoms with Gasteiger partial charge in [-0.25, -0.2) is 0 Å². The normalized spacial score (nSPS) is 12.4. The van der Waals surface area contributed by atoms with E-state index in [0.29, 0.717) is 24.3 Å². The molecule has 0 saturated carbocycles. The number of rotatable bonds is 11. The quantitative estimate of drug-likeness (QED) is 0.0608. The van der Waals surface area contributed by atoms with Gasteiger partial charge in [-0.15, -0.1) is 5.10 Å². The van der Waals surface area contributed by atoms with E-state index in [1.54, 1.807) is 7.05 Å². The fourth-order valence-electron chi connectivity index (χ4n) is 4.52. The number of hydrogen-bond acceptors (Lipinski definition) is 7. The molecule has 0 unspecified atom stereocenters. The van der Waals surface area contributed by atoms with Gasteiger partial charge < -0.3 is 57.6 Å². The van der Waals surface area contributed by atoms with Crippen molar-refractivity contribution >= 4 is 70.2 Å². The van der Waals surface area contributed by atoms with Crippen molar-refractivity contribution < 1.29 is 38.8 Å². The minimum absolute atomic E-state index is 0. The molecule has 0 heterocycles. The van der Waals surface area contributed by atoms with Crippen LogP contribution in [0.25, 0.3) is 0 Å². The Kier molecular flexibility index (Phi) is 16.4. The number of ether oxygens (including phenoxy) is 1. The maximum absolute atomic E-state index is 5.69. The summed E-state index contributed by atoms with van der Waals surface area (Å²) < 4.78 is 5.58. The predicted octanol–water partition coefficient (Wildman–Crippen LogP) is 1.73. The second-order valence-electron chi connectivity index (χ2n) is 9.30. The molecule has 7 nitrogen and oxygen atoms in total. The molecule has 0 amide bonds. The summed E-state index contributed by atoms with van der Waals surface area (Å²) >= 11 is 10.9. The van der Waals surface area contributed by atoms with Crippen molar-refractivity contribution in [3.05, 3.63) is 121 Å². The van der Waals surface area contributed by atoms with Crippen molar-refractivity contribution in [2.24, 2.45) is 20.4 Å². The molecule has 2 N–H and O–H groups in total. The van der Waals surface area contributed by atoms with Crippen LogP contribution in [0.15, 0.2) is 136 Å². The van der Waals surface area contributed by atoms with Gasteiger partial charge in [0.05, 0.1) is 12.3 Å². The summed E-state index contributed by atoms with van der Waals surface area (Å²) in [6.07, 6.45) is 0.577. The molecule has 0 aromatic heterocycles. The molecule has 0 spiro atoms. The van der Waals surface area contributed by atoms with Crippen molar-refractivity contribution in [1.29, 1.82) is 0 Å². The number of halogens is 1. The van der Waals surface area contributed by atoms with Gasteiger partial charge in [-0.2, -0.15) is 15.3 Å². The van der Waals surface area contributed by atoms with E-state index >= 15 is 0 Å². The zero-order valence-electron chi connectivity index (χ0n) is 25.0. The molecule has 0 aliphatic heterocycles. The predicted molar refractivity (Wildman–Crippen MR) is 189 cm³/mol. The minimum atomic E-state index is -2.14. The van der Waals surface area contributed by atoms with Crippen LogP contribution >= 0.6 is 7.26 Å². The molecule has 0 saturated heterocycles. The monoisotopic (exact) mass is 767 g/mol. The first kappa shape index (κ1) is 38.0. The Morgan fingerprint density at radius 3 is 1.60 bits per heavy atom. The molecule has 0 fully saturated rings. The van der Waals surface area contributed by atoms with Gasteiger partial charge in [0, 0.05) is 17.8 Å². The summed E-state index contributed by atoms with van der Waals surface area (Å²) in [4.78, 5) is 0. The summed E-state index contributed by atoms with van der Waals surface area (Å²) in [6, 6.07) is 39.3. The first-order chi connectivity index (χ1) is 21.0. The topological polar surface area (TPSA) is 82.7 Å². The Bertz CT molecular complexity index is 1500. The fraction of sp³-hybridized carbons (Fsp3) is 0.152. The molecule has 237 valence electrons. The van der Waals surface area contributed by atoms with Gasteiger partial charge >= 0.3 is 17.1 Å². The van der Waals surface area contributed by atoms with Crippen molar-refractivity contribution in [2.75, 3.05) is 19.9 Å². The molecule has 0 aliphatic rings. The Balaban J connectivity index is 0.00000353. The molecular weight excluding hydrogens is 735 g/mol. The molecule has 4 aromatic rings. The SMILES string of the molecule is CCOc1ccc(C(=NN=C([S-])NC)C(C)=NN=C([S-])NC[P+](c2ccccc2)(c2ccccc2)c2ccccc2)cc1.[Br-].[Cu+2]. The van der Waals surface area contributed by atoms with Gasteiger partial charge in [-0.05, 0) is 79.7 Å². The van der Waals surface area contributed by atoms with E-state index in [9.17, 15) is 0 Å². The molecule has 0 aliphatic carbocycles. The van der Waals surface area contributed by atoms with Crippen LogP contribution in [-0.2, 0) is 42.3 Å². The minimum Gasteiger partial charge on any atom is -1.00 e. The summed E-state index contributed by atoms with van der Waals surface area (Å²) in [7, 11) is -0.441. The largest absolute Gasteiger partial charge is 2.00 e. The fourth-order valence-corrected chi connectivity index (χ4v) is 8.65. The third-order valence-corrected chi connectivity index (χ3v) is 11.3. The molecule has 45 heavy (non-hydrogen) atoms. The molecule has 1 radical (unpaired) electrons. The van der Waals surface area contributed by atoms with E-state index in [1.165, 1.54) is 15.9 Å². The van der Waals surface area contributed by atoms with Crippen LogP contribution in [0.4, 0.5) is 0 Å². The molecule has 12 heteroatoms. The summed E-state index contributed by atoms with van der Waals surface area (Å²) in [6.45, 7) is 4.34. The molecule has 4 rings (SSSR count). The average Bonchev–Trinajstić information content (AvgIpc) is 3.06. The van der Waals surface area contributed by atoms with Crippen LogP contribution in [0.1, 0.15) is 19.4 Å². The number of amidine groups is 2. The second-order valence-corrected chi connectivity index (χ2v) is 13.6. The Labute approximate surface area is 298 Å². The standard InChI is InChI=1S/C33H35N6OPS2.BrH.Cu/c1-4-40-27-22-20-26(21-23-27)31(37-38-32(42)34-3)25(2)36-39-33(43)35-24-41(28-14-8-5-9-15-28,29-16-10-6-11-17-29)30-18-12-7-13-19-30;;/h5-23H,4,24H2,1-3H3,(H3-,34,35,36,37,38,39,42,43);1H;/q;;+2/p-2. The van der Waals surface area contributed by atoms with E-state index in [4.69, 9.17) is 30.0 Å². The smallest absolute Gasteiger partial charge is 1.00 e. The van der Waals surface area contributed by atoms with E-state index in [-0.39, 0.29) is 44.4 Å². The van der Waals surface area contributed by atoms with Crippen molar-refractivity contribution in [3.63, 3.8) is 0 Å². The van der Waals surface area contributed by atoms with E-state index in [1.807, 2.05) is 56.3 Å². The van der Waals surface area contributed by atoms with Gasteiger partial charge in [0.2, 0.25) is 0 Å². The van der Waals surface area contributed by atoms with Crippen molar-refractivity contribution in [2.45, 2.75) is 13.8 Å². The Morgan fingerprint density at radius 1 is 0.689 bits per heavy atom. The second kappa shape index (κ2) is 19.4. The van der Waals surface area contributed by atoms with Gasteiger partial charge in [-0.1, -0.05) is 54.6 Å². The van der Waals surface area contributed by atoms with Gasteiger partial charge in [0.1, 0.15) is 40.9 Å². The molecule has 4 aromatic carbocycles. The van der Waals surface area contributed by atoms with E-state index < -0.39 is 7.26 Å². The van der Waals surface area contributed by atoms with Crippen molar-refractivity contribution in [3.8, 4) is 5.75 Å². The van der Waals surface area contributed by atoms with Crippen LogP contribution in [-0.4, -0.2) is 41.7 Å². The molecule has 0 bridgehead atoms. The van der Waals surface area contributed by atoms with E-state index in [0.717, 1.165) is 11.3 Å². The summed E-state index contributed by atoms with van der Waals surface area (Å²) in [5.74, 6) is 0.764. The average molecular weight is 769 g/mol. The molecular formula is C33H34BrCuN6OPS2. The van der Waals surface area contributed by atoms with Gasteiger partial charge in [0.25, 0.3) is 0 Å². The van der Waals surface area contributed by atoms with Crippen LogP contribution in [0.2, 0.25) is 0 Å². The number of benzene rings is 4. The van der Waals surface area contributed by atoms with Crippen LogP contribution in [0.3, 0.4) is 0 Å². The number of hydrogen-bond donors (Lipinski definition) is 2. The number of nitrogens with zero attached hydrogens (tertiary/aromatic N) is 4. The van der Waals surface area contributed by atoms with E-state index in [2.05, 4.69) is 104 Å². The van der Waals surface area contributed by atoms with Crippen LogP contribution in [0.5, 0.6) is 5.75 Å². The first-order valence-electron chi connectivity index (χ1n) is 13.8. The summed E-state index contributed by atoms with van der Waals surface area (Å²) in [5, 5.41) is 27.8. The zero-order chi connectivity index (χ0) is 30.5. The third kappa shape index (κ3) is 10.2. The summed E-state index contributed by atoms with van der Waals surface area (Å²) in [5.41, 5.74) is 1.85. The van der Waals surface area contributed by atoms with Crippen molar-refractivity contribution in [1.82, 2.24) is 10.6 Å².